The van der Waals surface area contributed by atoms with Crippen molar-refractivity contribution in [3.63, 3.8) is 0 Å². The van der Waals surface area contributed by atoms with Gasteiger partial charge in [-0.2, -0.15) is 0 Å². The molecule has 0 bridgehead atoms. The summed E-state index contributed by atoms with van der Waals surface area (Å²) in [5.74, 6) is 2.50. The molecule has 1 aliphatic heterocycles. The Hall–Kier alpha value is -1.75. The SMILES string of the molecule is CCNC(=NCC1(c2ccc(OC)cc2)CCOCC1)NCC(CC)CC. The van der Waals surface area contributed by atoms with E-state index in [4.69, 9.17) is 14.5 Å². The van der Waals surface area contributed by atoms with Crippen LogP contribution in [0.3, 0.4) is 0 Å². The smallest absolute Gasteiger partial charge is 0.191 e. The minimum absolute atomic E-state index is 0.0296. The van der Waals surface area contributed by atoms with Crippen molar-refractivity contribution in [3.8, 4) is 5.75 Å². The van der Waals surface area contributed by atoms with Gasteiger partial charge in [-0.3, -0.25) is 4.99 Å². The topological polar surface area (TPSA) is 54.9 Å². The van der Waals surface area contributed by atoms with Crippen LogP contribution < -0.4 is 15.4 Å². The number of guanidine groups is 1. The van der Waals surface area contributed by atoms with Crippen molar-refractivity contribution in [2.24, 2.45) is 10.9 Å². The van der Waals surface area contributed by atoms with Gasteiger partial charge in [-0.25, -0.2) is 0 Å². The van der Waals surface area contributed by atoms with Gasteiger partial charge in [-0.05, 0) is 43.4 Å². The zero-order valence-electron chi connectivity index (χ0n) is 17.5. The third-order valence-corrected chi connectivity index (χ3v) is 5.75. The van der Waals surface area contributed by atoms with Crippen molar-refractivity contribution in [2.75, 3.05) is 40.0 Å². The highest BCUT2D eigenvalue weighted by Gasteiger charge is 2.34. The van der Waals surface area contributed by atoms with Gasteiger partial charge in [0.2, 0.25) is 0 Å². The van der Waals surface area contributed by atoms with Crippen molar-refractivity contribution in [1.82, 2.24) is 10.6 Å². The number of methoxy groups -OCH3 is 1. The predicted molar refractivity (Wildman–Crippen MR) is 113 cm³/mol. The molecule has 152 valence electrons. The van der Waals surface area contributed by atoms with Crippen LogP contribution in [0.25, 0.3) is 0 Å². The molecule has 0 radical (unpaired) electrons. The Kier molecular flexibility index (Phi) is 8.92. The zero-order valence-corrected chi connectivity index (χ0v) is 17.5. The number of hydrogen-bond donors (Lipinski definition) is 2. The standard InChI is InChI=1S/C22H37N3O2/c1-5-18(6-2)16-24-21(23-7-3)25-17-22(12-14-27-15-13-22)19-8-10-20(26-4)11-9-19/h8-11,18H,5-7,12-17H2,1-4H3,(H2,23,24,25). The molecular formula is C22H37N3O2. The first kappa shape index (κ1) is 21.5. The van der Waals surface area contributed by atoms with E-state index in [0.29, 0.717) is 5.92 Å². The lowest BCUT2D eigenvalue weighted by Crippen LogP contribution is -2.42. The lowest BCUT2D eigenvalue weighted by atomic mass is 9.74. The van der Waals surface area contributed by atoms with Crippen LogP contribution in [0.4, 0.5) is 0 Å². The van der Waals surface area contributed by atoms with E-state index in [0.717, 1.165) is 57.4 Å². The molecule has 0 spiro atoms. The third-order valence-electron chi connectivity index (χ3n) is 5.75. The number of nitrogens with one attached hydrogen (secondary N) is 2. The molecule has 5 heteroatoms. The van der Waals surface area contributed by atoms with Gasteiger partial charge in [-0.15, -0.1) is 0 Å². The molecule has 0 unspecified atom stereocenters. The molecule has 0 aliphatic carbocycles. The third kappa shape index (κ3) is 6.13. The summed E-state index contributed by atoms with van der Waals surface area (Å²) in [6, 6.07) is 8.47. The Labute approximate surface area is 164 Å². The van der Waals surface area contributed by atoms with E-state index < -0.39 is 0 Å². The van der Waals surface area contributed by atoms with Gasteiger partial charge >= 0.3 is 0 Å². The van der Waals surface area contributed by atoms with Crippen LogP contribution in [0.2, 0.25) is 0 Å². The predicted octanol–water partition coefficient (Wildman–Crippen LogP) is 3.73. The molecule has 1 heterocycles. The highest BCUT2D eigenvalue weighted by atomic mass is 16.5. The van der Waals surface area contributed by atoms with Crippen LogP contribution in [-0.4, -0.2) is 45.9 Å². The van der Waals surface area contributed by atoms with Crippen molar-refractivity contribution in [3.05, 3.63) is 29.8 Å². The van der Waals surface area contributed by atoms with Gasteiger partial charge in [0, 0.05) is 31.7 Å². The molecule has 0 aromatic heterocycles. The lowest BCUT2D eigenvalue weighted by molar-refractivity contribution is 0.0531. The maximum absolute atomic E-state index is 5.65. The summed E-state index contributed by atoms with van der Waals surface area (Å²) < 4.78 is 11.0. The molecule has 2 N–H and O–H groups in total. The number of rotatable bonds is 9. The Morgan fingerprint density at radius 1 is 1.11 bits per heavy atom. The average Bonchev–Trinajstić information content (AvgIpc) is 2.73. The van der Waals surface area contributed by atoms with Gasteiger partial charge in [0.05, 0.1) is 13.7 Å². The number of nitrogens with zero attached hydrogens (tertiary/aromatic N) is 1. The second-order valence-corrected chi connectivity index (χ2v) is 7.38. The summed E-state index contributed by atoms with van der Waals surface area (Å²) in [6.45, 7) is 10.8. The molecule has 1 fully saturated rings. The van der Waals surface area contributed by atoms with E-state index in [1.807, 2.05) is 12.1 Å². The molecule has 0 atom stereocenters. The molecule has 2 rings (SSSR count). The quantitative estimate of drug-likeness (QED) is 0.510. The van der Waals surface area contributed by atoms with Gasteiger partial charge in [0.15, 0.2) is 5.96 Å². The average molecular weight is 376 g/mol. The first-order valence-electron chi connectivity index (χ1n) is 10.4. The van der Waals surface area contributed by atoms with E-state index in [9.17, 15) is 0 Å². The van der Waals surface area contributed by atoms with E-state index >= 15 is 0 Å². The normalized spacial score (nSPS) is 17.0. The van der Waals surface area contributed by atoms with Crippen molar-refractivity contribution < 1.29 is 9.47 Å². The first-order valence-corrected chi connectivity index (χ1v) is 10.4. The van der Waals surface area contributed by atoms with E-state index in [2.05, 4.69) is 43.5 Å². The Bertz CT molecular complexity index is 561. The van der Waals surface area contributed by atoms with Gasteiger partial charge in [0.1, 0.15) is 5.75 Å². The summed E-state index contributed by atoms with van der Waals surface area (Å²) in [5, 5.41) is 6.94. The largest absolute Gasteiger partial charge is 0.497 e. The minimum Gasteiger partial charge on any atom is -0.497 e. The van der Waals surface area contributed by atoms with E-state index in [1.54, 1.807) is 7.11 Å². The number of hydrogen-bond acceptors (Lipinski definition) is 3. The van der Waals surface area contributed by atoms with Gasteiger partial charge in [0.25, 0.3) is 0 Å². The number of benzene rings is 1. The highest BCUT2D eigenvalue weighted by Crippen LogP contribution is 2.36. The molecule has 5 nitrogen and oxygen atoms in total. The number of aliphatic imine (C=N–C) groups is 1. The fraction of sp³-hybridized carbons (Fsp3) is 0.682. The Balaban J connectivity index is 2.15. The van der Waals surface area contributed by atoms with Crippen molar-refractivity contribution in [2.45, 2.75) is 51.9 Å². The van der Waals surface area contributed by atoms with Crippen LogP contribution in [0.15, 0.2) is 29.3 Å². The molecule has 0 amide bonds. The molecule has 1 aromatic carbocycles. The Morgan fingerprint density at radius 2 is 1.78 bits per heavy atom. The van der Waals surface area contributed by atoms with Crippen LogP contribution in [-0.2, 0) is 10.2 Å². The fourth-order valence-electron chi connectivity index (χ4n) is 3.64. The highest BCUT2D eigenvalue weighted by molar-refractivity contribution is 5.79. The van der Waals surface area contributed by atoms with Crippen LogP contribution in [0, 0.1) is 5.92 Å². The summed E-state index contributed by atoms with van der Waals surface area (Å²) in [7, 11) is 1.71. The molecule has 1 aromatic rings. The zero-order chi connectivity index (χ0) is 19.5. The van der Waals surface area contributed by atoms with Gasteiger partial charge < -0.3 is 20.1 Å². The van der Waals surface area contributed by atoms with E-state index in [-0.39, 0.29) is 5.41 Å². The van der Waals surface area contributed by atoms with Crippen LogP contribution in [0.1, 0.15) is 52.0 Å². The summed E-state index contributed by atoms with van der Waals surface area (Å²) in [4.78, 5) is 4.98. The molecule has 27 heavy (non-hydrogen) atoms. The van der Waals surface area contributed by atoms with Crippen LogP contribution in [0.5, 0.6) is 5.75 Å². The molecular weight excluding hydrogens is 338 g/mol. The summed E-state index contributed by atoms with van der Waals surface area (Å²) in [6.07, 6.45) is 4.37. The molecule has 1 saturated heterocycles. The maximum atomic E-state index is 5.65. The number of ether oxygens (including phenoxy) is 2. The van der Waals surface area contributed by atoms with Gasteiger partial charge in [-0.1, -0.05) is 38.8 Å². The Morgan fingerprint density at radius 3 is 2.33 bits per heavy atom. The second-order valence-electron chi connectivity index (χ2n) is 7.38. The first-order chi connectivity index (χ1) is 13.2. The molecule has 0 saturated carbocycles. The van der Waals surface area contributed by atoms with Crippen molar-refractivity contribution >= 4 is 5.96 Å². The summed E-state index contributed by atoms with van der Waals surface area (Å²) in [5.41, 5.74) is 1.35. The molecule has 1 aliphatic rings. The van der Waals surface area contributed by atoms with E-state index in [1.165, 1.54) is 18.4 Å². The fourth-order valence-corrected chi connectivity index (χ4v) is 3.64. The lowest BCUT2D eigenvalue weighted by Gasteiger charge is -2.36. The minimum atomic E-state index is 0.0296. The summed E-state index contributed by atoms with van der Waals surface area (Å²) >= 11 is 0. The van der Waals surface area contributed by atoms with Crippen LogP contribution >= 0.6 is 0 Å². The van der Waals surface area contributed by atoms with Crippen molar-refractivity contribution in [1.29, 1.82) is 0 Å². The second kappa shape index (κ2) is 11.2. The maximum Gasteiger partial charge on any atom is 0.191 e. The monoisotopic (exact) mass is 375 g/mol.